The van der Waals surface area contributed by atoms with Gasteiger partial charge in [0.05, 0.1) is 28.9 Å². The molecule has 148 valence electrons. The second kappa shape index (κ2) is 9.43. The lowest BCUT2D eigenvalue weighted by Gasteiger charge is -2.09. The third-order valence-corrected chi connectivity index (χ3v) is 6.65. The van der Waals surface area contributed by atoms with Gasteiger partial charge in [0.2, 0.25) is 11.7 Å². The second-order valence-corrected chi connectivity index (χ2v) is 9.62. The van der Waals surface area contributed by atoms with Gasteiger partial charge in [0, 0.05) is 4.88 Å². The molecule has 0 fully saturated rings. The first kappa shape index (κ1) is 19.9. The van der Waals surface area contributed by atoms with Crippen LogP contribution in [0.2, 0.25) is 0 Å². The van der Waals surface area contributed by atoms with Gasteiger partial charge in [0.1, 0.15) is 0 Å². The Kier molecular flexibility index (Phi) is 6.48. The fourth-order valence-electron chi connectivity index (χ4n) is 2.71. The SMILES string of the molecule is O=C(CSc1nnc(-c2ccco2)n1Cc1ccccc1)NCc1ccc(Br)s1. The first-order chi connectivity index (χ1) is 14.2. The molecule has 3 aromatic heterocycles. The van der Waals surface area contributed by atoms with Crippen molar-refractivity contribution < 1.29 is 9.21 Å². The summed E-state index contributed by atoms with van der Waals surface area (Å²) < 4.78 is 8.54. The van der Waals surface area contributed by atoms with Crippen LogP contribution in [0.15, 0.2) is 74.2 Å². The van der Waals surface area contributed by atoms with E-state index in [0.717, 1.165) is 14.2 Å². The summed E-state index contributed by atoms with van der Waals surface area (Å²) in [4.78, 5) is 13.4. The average molecular weight is 489 g/mol. The zero-order valence-electron chi connectivity index (χ0n) is 15.2. The van der Waals surface area contributed by atoms with Crippen molar-refractivity contribution in [1.29, 1.82) is 0 Å². The molecule has 4 rings (SSSR count). The summed E-state index contributed by atoms with van der Waals surface area (Å²) in [5.41, 5.74) is 1.12. The molecule has 0 radical (unpaired) electrons. The highest BCUT2D eigenvalue weighted by Crippen LogP contribution is 2.26. The third-order valence-electron chi connectivity index (χ3n) is 4.06. The molecule has 0 bridgehead atoms. The molecule has 3 heterocycles. The number of aromatic nitrogens is 3. The number of hydrogen-bond acceptors (Lipinski definition) is 6. The van der Waals surface area contributed by atoms with Crippen LogP contribution in [0.1, 0.15) is 10.4 Å². The molecule has 0 aliphatic rings. The highest BCUT2D eigenvalue weighted by molar-refractivity contribution is 9.11. The molecule has 1 aromatic carbocycles. The zero-order chi connectivity index (χ0) is 20.1. The number of hydrogen-bond donors (Lipinski definition) is 1. The Morgan fingerprint density at radius 2 is 2.00 bits per heavy atom. The number of benzene rings is 1. The fraction of sp³-hybridized carbons (Fsp3) is 0.150. The van der Waals surface area contributed by atoms with Crippen molar-refractivity contribution in [3.63, 3.8) is 0 Å². The number of furan rings is 1. The molecule has 0 saturated carbocycles. The van der Waals surface area contributed by atoms with Crippen molar-refractivity contribution in [3.05, 3.63) is 75.1 Å². The maximum absolute atomic E-state index is 12.3. The van der Waals surface area contributed by atoms with E-state index in [1.54, 1.807) is 17.6 Å². The average Bonchev–Trinajstić information content (AvgIpc) is 3.47. The number of rotatable bonds is 8. The van der Waals surface area contributed by atoms with Crippen LogP contribution in [0, 0.1) is 0 Å². The number of halogens is 1. The van der Waals surface area contributed by atoms with Crippen LogP contribution in [-0.4, -0.2) is 26.4 Å². The van der Waals surface area contributed by atoms with E-state index < -0.39 is 0 Å². The van der Waals surface area contributed by atoms with Gasteiger partial charge in [0.15, 0.2) is 10.9 Å². The van der Waals surface area contributed by atoms with E-state index in [2.05, 4.69) is 31.4 Å². The lowest BCUT2D eigenvalue weighted by molar-refractivity contribution is -0.118. The number of thioether (sulfide) groups is 1. The van der Waals surface area contributed by atoms with Crippen molar-refractivity contribution in [1.82, 2.24) is 20.1 Å². The lowest BCUT2D eigenvalue weighted by Crippen LogP contribution is -2.24. The largest absolute Gasteiger partial charge is 0.461 e. The predicted octanol–water partition coefficient (Wildman–Crippen LogP) is 4.82. The predicted molar refractivity (Wildman–Crippen MR) is 118 cm³/mol. The summed E-state index contributed by atoms with van der Waals surface area (Å²) in [5.74, 6) is 1.50. The highest BCUT2D eigenvalue weighted by Gasteiger charge is 2.17. The Bertz CT molecular complexity index is 1080. The van der Waals surface area contributed by atoms with E-state index in [0.29, 0.717) is 29.8 Å². The van der Waals surface area contributed by atoms with E-state index >= 15 is 0 Å². The minimum absolute atomic E-state index is 0.0478. The van der Waals surface area contributed by atoms with E-state index in [1.807, 2.05) is 59.2 Å². The van der Waals surface area contributed by atoms with Crippen LogP contribution in [0.25, 0.3) is 11.6 Å². The van der Waals surface area contributed by atoms with E-state index in [-0.39, 0.29) is 11.7 Å². The lowest BCUT2D eigenvalue weighted by atomic mass is 10.2. The van der Waals surface area contributed by atoms with Crippen LogP contribution in [0.4, 0.5) is 0 Å². The molecule has 1 amide bonds. The first-order valence-electron chi connectivity index (χ1n) is 8.84. The molecular formula is C20H17BrN4O2S2. The molecule has 0 unspecified atom stereocenters. The fourth-order valence-corrected chi connectivity index (χ4v) is 4.90. The first-order valence-corrected chi connectivity index (χ1v) is 11.4. The molecule has 0 spiro atoms. The third kappa shape index (κ3) is 5.17. The molecule has 4 aromatic rings. The molecule has 0 saturated heterocycles. The van der Waals surface area contributed by atoms with Crippen molar-refractivity contribution in [2.45, 2.75) is 18.2 Å². The van der Waals surface area contributed by atoms with Gasteiger partial charge >= 0.3 is 0 Å². The minimum Gasteiger partial charge on any atom is -0.461 e. The van der Waals surface area contributed by atoms with E-state index in [1.165, 1.54) is 11.8 Å². The molecule has 0 atom stereocenters. The molecule has 9 heteroatoms. The maximum Gasteiger partial charge on any atom is 0.230 e. The van der Waals surface area contributed by atoms with Crippen molar-refractivity contribution in [2.75, 3.05) is 5.75 Å². The quantitative estimate of drug-likeness (QED) is 0.360. The second-order valence-electron chi connectivity index (χ2n) is 6.13. The number of thiophene rings is 1. The molecule has 0 aliphatic carbocycles. The van der Waals surface area contributed by atoms with Gasteiger partial charge < -0.3 is 9.73 Å². The van der Waals surface area contributed by atoms with Gasteiger partial charge in [0.25, 0.3) is 0 Å². The van der Waals surface area contributed by atoms with Crippen LogP contribution in [0.5, 0.6) is 0 Å². The van der Waals surface area contributed by atoms with Gasteiger partial charge in [-0.05, 0) is 45.8 Å². The van der Waals surface area contributed by atoms with E-state index in [9.17, 15) is 4.79 Å². The van der Waals surface area contributed by atoms with Gasteiger partial charge in [-0.15, -0.1) is 21.5 Å². The smallest absolute Gasteiger partial charge is 0.230 e. The minimum atomic E-state index is -0.0478. The Labute approximate surface area is 184 Å². The molecular weight excluding hydrogens is 472 g/mol. The van der Waals surface area contributed by atoms with Crippen molar-refractivity contribution >= 4 is 44.9 Å². The van der Waals surface area contributed by atoms with Gasteiger partial charge in [-0.2, -0.15) is 0 Å². The van der Waals surface area contributed by atoms with Gasteiger partial charge in [-0.1, -0.05) is 42.1 Å². The molecule has 29 heavy (non-hydrogen) atoms. The standard InChI is InChI=1S/C20H17BrN4O2S2/c21-17-9-8-15(29-17)11-22-18(26)13-28-20-24-23-19(16-7-4-10-27-16)25(20)12-14-5-2-1-3-6-14/h1-10H,11-13H2,(H,22,26). The summed E-state index contributed by atoms with van der Waals surface area (Å²) in [5, 5.41) is 12.2. The Morgan fingerprint density at radius 1 is 1.14 bits per heavy atom. The van der Waals surface area contributed by atoms with Crippen LogP contribution >= 0.6 is 39.0 Å². The Balaban J connectivity index is 1.45. The molecule has 0 aliphatic heterocycles. The number of amides is 1. The molecule has 6 nitrogen and oxygen atoms in total. The van der Waals surface area contributed by atoms with Gasteiger partial charge in [-0.3, -0.25) is 9.36 Å². The topological polar surface area (TPSA) is 73.0 Å². The number of carbonyl (C=O) groups excluding carboxylic acids is 1. The van der Waals surface area contributed by atoms with Crippen LogP contribution in [-0.2, 0) is 17.9 Å². The summed E-state index contributed by atoms with van der Waals surface area (Å²) in [6, 6.07) is 17.7. The Morgan fingerprint density at radius 3 is 2.72 bits per heavy atom. The van der Waals surface area contributed by atoms with Crippen LogP contribution in [0.3, 0.4) is 0 Å². The number of carbonyl (C=O) groups is 1. The normalized spacial score (nSPS) is 10.9. The highest BCUT2D eigenvalue weighted by atomic mass is 79.9. The van der Waals surface area contributed by atoms with Gasteiger partial charge in [-0.25, -0.2) is 0 Å². The van der Waals surface area contributed by atoms with Crippen molar-refractivity contribution in [2.24, 2.45) is 0 Å². The Hall–Kier alpha value is -2.36. The van der Waals surface area contributed by atoms with Crippen molar-refractivity contribution in [3.8, 4) is 11.6 Å². The number of nitrogens with one attached hydrogen (secondary N) is 1. The summed E-state index contributed by atoms with van der Waals surface area (Å²) >= 11 is 6.40. The number of nitrogens with zero attached hydrogens (tertiary/aromatic N) is 3. The van der Waals surface area contributed by atoms with Crippen LogP contribution < -0.4 is 5.32 Å². The maximum atomic E-state index is 12.3. The summed E-state index contributed by atoms with van der Waals surface area (Å²) in [6.45, 7) is 1.11. The summed E-state index contributed by atoms with van der Waals surface area (Å²) in [6.07, 6.45) is 1.61. The molecule has 1 N–H and O–H groups in total. The zero-order valence-corrected chi connectivity index (χ0v) is 18.5. The summed E-state index contributed by atoms with van der Waals surface area (Å²) in [7, 11) is 0. The monoisotopic (exact) mass is 488 g/mol. The van der Waals surface area contributed by atoms with E-state index in [4.69, 9.17) is 4.42 Å².